The Morgan fingerprint density at radius 1 is 1.20 bits per heavy atom. The monoisotopic (exact) mass is 292 g/mol. The minimum absolute atomic E-state index is 0.0274. The van der Waals surface area contributed by atoms with E-state index >= 15 is 0 Å². The van der Waals surface area contributed by atoms with E-state index in [2.05, 4.69) is 10.2 Å². The average molecular weight is 292 g/mol. The van der Waals surface area contributed by atoms with Crippen LogP contribution in [-0.4, -0.2) is 23.7 Å². The van der Waals surface area contributed by atoms with Gasteiger partial charge in [-0.15, -0.1) is 0 Å². The highest BCUT2D eigenvalue weighted by atomic mass is 19.4. The van der Waals surface area contributed by atoms with Gasteiger partial charge in [0.15, 0.2) is 6.61 Å². The van der Waals surface area contributed by atoms with Crippen molar-refractivity contribution in [3.05, 3.63) is 35.4 Å². The van der Waals surface area contributed by atoms with Crippen LogP contribution in [0.5, 0.6) is 0 Å². The van der Waals surface area contributed by atoms with Crippen molar-refractivity contribution in [3.8, 4) is 0 Å². The topological polar surface area (TPSA) is 87.7 Å². The van der Waals surface area contributed by atoms with Crippen molar-refractivity contribution in [2.24, 2.45) is 0 Å². The van der Waals surface area contributed by atoms with E-state index in [-0.39, 0.29) is 6.54 Å². The summed E-state index contributed by atoms with van der Waals surface area (Å²) in [6.45, 7) is -0.728. The molecule has 0 aliphatic heterocycles. The van der Waals surface area contributed by atoms with Crippen LogP contribution in [0.25, 0.3) is 0 Å². The molecule has 110 valence electrons. The van der Waals surface area contributed by atoms with Gasteiger partial charge < -0.3 is 10.4 Å². The normalized spacial score (nSPS) is 10.9. The van der Waals surface area contributed by atoms with E-state index in [0.717, 1.165) is 12.1 Å². The van der Waals surface area contributed by atoms with Gasteiger partial charge in [-0.05, 0) is 17.7 Å². The van der Waals surface area contributed by atoms with Crippen molar-refractivity contribution < 1.29 is 32.7 Å². The highest BCUT2D eigenvalue weighted by Gasteiger charge is 2.29. The van der Waals surface area contributed by atoms with Crippen molar-refractivity contribution in [3.63, 3.8) is 0 Å². The van der Waals surface area contributed by atoms with E-state index in [9.17, 15) is 22.8 Å². The first-order chi connectivity index (χ1) is 9.29. The van der Waals surface area contributed by atoms with Crippen molar-refractivity contribution in [1.82, 2.24) is 10.8 Å². The molecule has 0 saturated heterocycles. The van der Waals surface area contributed by atoms with E-state index in [4.69, 9.17) is 5.11 Å². The standard InChI is InChI=1S/C11H11F3N2O4/c12-11(13,14)8-3-1-7(2-4-8)5-15-10(19)16-20-6-9(17)18/h1-4H,5-6H2,(H,17,18)(H2,15,16,19). The molecule has 0 aliphatic rings. The summed E-state index contributed by atoms with van der Waals surface area (Å²) in [6, 6.07) is 3.44. The lowest BCUT2D eigenvalue weighted by Crippen LogP contribution is -2.36. The van der Waals surface area contributed by atoms with Crippen LogP contribution in [0.2, 0.25) is 0 Å². The van der Waals surface area contributed by atoms with E-state index < -0.39 is 30.3 Å². The summed E-state index contributed by atoms with van der Waals surface area (Å²) in [6.07, 6.45) is -4.41. The predicted octanol–water partition coefficient (Wildman–Crippen LogP) is 1.52. The second-order valence-corrected chi connectivity index (χ2v) is 3.66. The molecule has 0 heterocycles. The Hall–Kier alpha value is -2.29. The van der Waals surface area contributed by atoms with Crippen LogP contribution in [0.15, 0.2) is 24.3 Å². The highest BCUT2D eigenvalue weighted by Crippen LogP contribution is 2.28. The van der Waals surface area contributed by atoms with Crippen LogP contribution in [-0.2, 0) is 22.4 Å². The number of benzene rings is 1. The summed E-state index contributed by atoms with van der Waals surface area (Å²) >= 11 is 0. The molecule has 9 heteroatoms. The lowest BCUT2D eigenvalue weighted by molar-refractivity contribution is -0.144. The number of alkyl halides is 3. The molecular formula is C11H11F3N2O4. The third-order valence-electron chi connectivity index (χ3n) is 2.09. The lowest BCUT2D eigenvalue weighted by atomic mass is 10.1. The first kappa shape index (κ1) is 15.8. The van der Waals surface area contributed by atoms with Gasteiger partial charge in [-0.3, -0.25) is 4.84 Å². The minimum atomic E-state index is -4.41. The second-order valence-electron chi connectivity index (χ2n) is 3.66. The maximum Gasteiger partial charge on any atom is 0.416 e. The van der Waals surface area contributed by atoms with Gasteiger partial charge in [-0.25, -0.2) is 15.1 Å². The summed E-state index contributed by atoms with van der Waals surface area (Å²) in [7, 11) is 0. The number of halogens is 3. The Morgan fingerprint density at radius 3 is 2.30 bits per heavy atom. The molecule has 20 heavy (non-hydrogen) atoms. The summed E-state index contributed by atoms with van der Waals surface area (Å²) in [5, 5.41) is 10.5. The third kappa shape index (κ3) is 5.57. The zero-order chi connectivity index (χ0) is 15.2. The van der Waals surface area contributed by atoms with Crippen LogP contribution in [0.1, 0.15) is 11.1 Å². The second kappa shape index (κ2) is 6.75. The van der Waals surface area contributed by atoms with Gasteiger partial charge in [-0.1, -0.05) is 12.1 Å². The molecule has 1 aromatic carbocycles. The number of aliphatic carboxylic acids is 1. The van der Waals surface area contributed by atoms with Crippen LogP contribution in [0, 0.1) is 0 Å². The van der Waals surface area contributed by atoms with Gasteiger partial charge in [-0.2, -0.15) is 13.2 Å². The SMILES string of the molecule is O=C(O)CONC(=O)NCc1ccc(C(F)(F)F)cc1. The Balaban J connectivity index is 2.38. The molecule has 3 N–H and O–H groups in total. The molecule has 6 nitrogen and oxygen atoms in total. The number of hydrogen-bond donors (Lipinski definition) is 3. The van der Waals surface area contributed by atoms with Gasteiger partial charge in [0.05, 0.1) is 5.56 Å². The van der Waals surface area contributed by atoms with E-state index in [1.165, 1.54) is 12.1 Å². The molecule has 0 unspecified atom stereocenters. The molecular weight excluding hydrogens is 281 g/mol. The fraction of sp³-hybridized carbons (Fsp3) is 0.273. The first-order valence-corrected chi connectivity index (χ1v) is 5.32. The maximum atomic E-state index is 12.3. The van der Waals surface area contributed by atoms with Crippen LogP contribution < -0.4 is 10.8 Å². The number of urea groups is 1. The van der Waals surface area contributed by atoms with Gasteiger partial charge >= 0.3 is 18.2 Å². The molecule has 0 bridgehead atoms. The van der Waals surface area contributed by atoms with E-state index in [1.54, 1.807) is 0 Å². The molecule has 1 rings (SSSR count). The van der Waals surface area contributed by atoms with E-state index in [0.29, 0.717) is 5.56 Å². The molecule has 2 amide bonds. The van der Waals surface area contributed by atoms with Crippen LogP contribution in [0.4, 0.5) is 18.0 Å². The Morgan fingerprint density at radius 2 is 1.80 bits per heavy atom. The Kier molecular flexibility index (Phi) is 5.32. The maximum absolute atomic E-state index is 12.3. The Labute approximate surface area is 111 Å². The quantitative estimate of drug-likeness (QED) is 0.718. The van der Waals surface area contributed by atoms with Crippen LogP contribution in [0.3, 0.4) is 0 Å². The third-order valence-corrected chi connectivity index (χ3v) is 2.09. The summed E-state index contributed by atoms with van der Waals surface area (Å²) < 4.78 is 36.9. The van der Waals surface area contributed by atoms with Gasteiger partial charge in [0.1, 0.15) is 0 Å². The Bertz CT molecular complexity index is 474. The van der Waals surface area contributed by atoms with Gasteiger partial charge in [0, 0.05) is 6.54 Å². The number of nitrogens with one attached hydrogen (secondary N) is 2. The molecule has 0 radical (unpaired) electrons. The number of hydrogen-bond acceptors (Lipinski definition) is 3. The first-order valence-electron chi connectivity index (χ1n) is 5.32. The molecule has 0 aromatic heterocycles. The van der Waals surface area contributed by atoms with Crippen molar-refractivity contribution in [2.45, 2.75) is 12.7 Å². The molecule has 0 fully saturated rings. The number of amides is 2. The summed E-state index contributed by atoms with van der Waals surface area (Å²) in [5.74, 6) is -1.26. The largest absolute Gasteiger partial charge is 0.479 e. The lowest BCUT2D eigenvalue weighted by Gasteiger charge is -2.09. The number of carboxylic acids is 1. The zero-order valence-corrected chi connectivity index (χ0v) is 10.0. The number of carbonyl (C=O) groups excluding carboxylic acids is 1. The van der Waals surface area contributed by atoms with Crippen LogP contribution >= 0.6 is 0 Å². The molecule has 1 aromatic rings. The van der Waals surface area contributed by atoms with Gasteiger partial charge in [0.2, 0.25) is 0 Å². The fourth-order valence-electron chi connectivity index (χ4n) is 1.19. The number of carbonyl (C=O) groups is 2. The molecule has 0 aliphatic carbocycles. The summed E-state index contributed by atoms with van der Waals surface area (Å²) in [4.78, 5) is 25.5. The average Bonchev–Trinajstić information content (AvgIpc) is 2.35. The number of carboxylic acid groups (broad SMARTS) is 1. The number of rotatable bonds is 5. The van der Waals surface area contributed by atoms with Crippen molar-refractivity contribution in [2.75, 3.05) is 6.61 Å². The number of hydroxylamine groups is 1. The molecule has 0 atom stereocenters. The zero-order valence-electron chi connectivity index (χ0n) is 10.0. The van der Waals surface area contributed by atoms with Crippen molar-refractivity contribution in [1.29, 1.82) is 0 Å². The fourth-order valence-corrected chi connectivity index (χ4v) is 1.19. The molecule has 0 spiro atoms. The highest BCUT2D eigenvalue weighted by molar-refractivity contribution is 5.73. The van der Waals surface area contributed by atoms with E-state index in [1.807, 2.05) is 5.48 Å². The smallest absolute Gasteiger partial charge is 0.416 e. The van der Waals surface area contributed by atoms with Gasteiger partial charge in [0.25, 0.3) is 0 Å². The predicted molar refractivity (Wildman–Crippen MR) is 60.4 cm³/mol. The molecule has 0 saturated carbocycles. The summed E-state index contributed by atoms with van der Waals surface area (Å²) in [5.41, 5.74) is 1.48. The van der Waals surface area contributed by atoms with Crippen molar-refractivity contribution >= 4 is 12.0 Å². The minimum Gasteiger partial charge on any atom is -0.479 e.